The molecule has 17 heavy (non-hydrogen) atoms. The minimum atomic E-state index is -0.446. The maximum atomic E-state index is 10.7. The van der Waals surface area contributed by atoms with Crippen molar-refractivity contribution in [1.29, 1.82) is 0 Å². The normalized spacial score (nSPS) is 11.1. The predicted molar refractivity (Wildman–Crippen MR) is 62.9 cm³/mol. The van der Waals surface area contributed by atoms with E-state index in [0.717, 1.165) is 0 Å². The van der Waals surface area contributed by atoms with Gasteiger partial charge in [0.2, 0.25) is 0 Å². The highest BCUT2D eigenvalue weighted by molar-refractivity contribution is 6.25. The van der Waals surface area contributed by atoms with Gasteiger partial charge in [-0.25, -0.2) is 14.1 Å². The molecular formula is C10H5ClN4O2. The van der Waals surface area contributed by atoms with Gasteiger partial charge in [-0.2, -0.15) is 0 Å². The molecule has 3 rings (SSSR count). The Morgan fingerprint density at radius 1 is 1.35 bits per heavy atom. The third kappa shape index (κ3) is 1.34. The first-order valence-corrected chi connectivity index (χ1v) is 5.07. The van der Waals surface area contributed by atoms with E-state index < -0.39 is 4.92 Å². The summed E-state index contributed by atoms with van der Waals surface area (Å²) in [4.78, 5) is 18.2. The van der Waals surface area contributed by atoms with Crippen LogP contribution in [0.2, 0.25) is 0 Å². The van der Waals surface area contributed by atoms with Gasteiger partial charge in [-0.05, 0) is 6.07 Å². The second-order valence-electron chi connectivity index (χ2n) is 3.50. The summed E-state index contributed by atoms with van der Waals surface area (Å²) < 4.78 is 1.40. The van der Waals surface area contributed by atoms with E-state index in [1.54, 1.807) is 12.3 Å². The largest absolute Gasteiger partial charge is 0.270 e. The molecule has 3 aromatic rings. The van der Waals surface area contributed by atoms with Gasteiger partial charge in [0, 0.05) is 29.3 Å². The number of nitro benzene ring substituents is 1. The van der Waals surface area contributed by atoms with Gasteiger partial charge in [0.05, 0.1) is 16.6 Å². The summed E-state index contributed by atoms with van der Waals surface area (Å²) >= 11 is 6.09. The molecule has 0 atom stereocenters. The topological polar surface area (TPSA) is 73.8 Å². The number of hydrogen-bond acceptors (Lipinski definition) is 4. The summed E-state index contributed by atoms with van der Waals surface area (Å²) in [7, 11) is 0. The van der Waals surface area contributed by atoms with Gasteiger partial charge in [-0.3, -0.25) is 10.1 Å². The lowest BCUT2D eigenvalue weighted by molar-refractivity contribution is -0.384. The molecule has 0 spiro atoms. The van der Waals surface area contributed by atoms with Crippen LogP contribution in [-0.2, 0) is 0 Å². The third-order valence-electron chi connectivity index (χ3n) is 2.56. The average molecular weight is 249 g/mol. The second-order valence-corrected chi connectivity index (χ2v) is 3.83. The van der Waals surface area contributed by atoms with Crippen LogP contribution in [0.25, 0.3) is 21.9 Å². The molecule has 0 saturated carbocycles. The predicted octanol–water partition coefficient (Wildman–Crippen LogP) is 2.49. The van der Waals surface area contributed by atoms with E-state index in [1.807, 2.05) is 0 Å². The molecule has 7 heteroatoms. The lowest BCUT2D eigenvalue weighted by Gasteiger charge is -1.93. The van der Waals surface area contributed by atoms with Crippen LogP contribution in [0.5, 0.6) is 0 Å². The maximum Gasteiger partial charge on any atom is 0.270 e. The quantitative estimate of drug-likeness (QED) is 0.490. The minimum absolute atomic E-state index is 0.0141. The SMILES string of the molecule is O=[N+]([O-])c1ccc2c(c1)c1ncncc1n2Cl. The Bertz CT molecular complexity index is 752. The smallest absolute Gasteiger partial charge is 0.258 e. The zero-order valence-electron chi connectivity index (χ0n) is 8.37. The minimum Gasteiger partial charge on any atom is -0.258 e. The standard InChI is InChI=1S/C10H5ClN4O2/c11-14-8-2-1-6(15(16)17)3-7(8)10-9(14)4-12-5-13-10/h1-5H. The molecule has 0 aliphatic heterocycles. The zero-order valence-corrected chi connectivity index (χ0v) is 9.13. The number of halogens is 1. The Hall–Kier alpha value is -2.21. The number of aromatic nitrogens is 3. The first-order valence-electron chi connectivity index (χ1n) is 4.73. The Labute approximate surface area is 99.7 Å². The van der Waals surface area contributed by atoms with Crippen molar-refractivity contribution in [2.45, 2.75) is 0 Å². The van der Waals surface area contributed by atoms with Crippen molar-refractivity contribution >= 4 is 39.4 Å². The number of fused-ring (bicyclic) bond motifs is 3. The molecule has 0 bridgehead atoms. The van der Waals surface area contributed by atoms with E-state index in [4.69, 9.17) is 11.8 Å². The van der Waals surface area contributed by atoms with Gasteiger partial charge in [-0.1, -0.05) is 0 Å². The summed E-state index contributed by atoms with van der Waals surface area (Å²) in [6.07, 6.45) is 2.96. The summed E-state index contributed by atoms with van der Waals surface area (Å²) in [5, 5.41) is 11.4. The highest BCUT2D eigenvalue weighted by Gasteiger charge is 2.14. The van der Waals surface area contributed by atoms with Gasteiger partial charge in [0.1, 0.15) is 17.4 Å². The maximum absolute atomic E-state index is 10.7. The van der Waals surface area contributed by atoms with Crippen molar-refractivity contribution in [2.24, 2.45) is 0 Å². The van der Waals surface area contributed by atoms with Crippen molar-refractivity contribution in [3.63, 3.8) is 0 Å². The summed E-state index contributed by atoms with van der Waals surface area (Å²) in [5.74, 6) is 0. The van der Waals surface area contributed by atoms with Crippen molar-refractivity contribution in [2.75, 3.05) is 0 Å². The van der Waals surface area contributed by atoms with Crippen molar-refractivity contribution in [3.05, 3.63) is 40.8 Å². The lowest BCUT2D eigenvalue weighted by atomic mass is 10.2. The molecular weight excluding hydrogens is 244 g/mol. The van der Waals surface area contributed by atoms with Crippen LogP contribution in [0.1, 0.15) is 0 Å². The number of rotatable bonds is 1. The fourth-order valence-electron chi connectivity index (χ4n) is 1.80. The van der Waals surface area contributed by atoms with Gasteiger partial charge < -0.3 is 0 Å². The van der Waals surface area contributed by atoms with Crippen LogP contribution in [0.15, 0.2) is 30.7 Å². The van der Waals surface area contributed by atoms with Gasteiger partial charge in [0.15, 0.2) is 0 Å². The monoisotopic (exact) mass is 248 g/mol. The van der Waals surface area contributed by atoms with Crippen molar-refractivity contribution < 1.29 is 4.92 Å². The number of nitrogens with zero attached hydrogens (tertiary/aromatic N) is 4. The van der Waals surface area contributed by atoms with Crippen LogP contribution < -0.4 is 0 Å². The van der Waals surface area contributed by atoms with Crippen LogP contribution in [0.3, 0.4) is 0 Å². The van der Waals surface area contributed by atoms with Gasteiger partial charge >= 0.3 is 0 Å². The number of hydrogen-bond donors (Lipinski definition) is 0. The van der Waals surface area contributed by atoms with E-state index in [1.165, 1.54) is 22.5 Å². The van der Waals surface area contributed by atoms with Gasteiger partial charge in [-0.15, -0.1) is 0 Å². The molecule has 6 nitrogen and oxygen atoms in total. The first-order chi connectivity index (χ1) is 8.18. The molecule has 0 saturated heterocycles. The average Bonchev–Trinajstić information content (AvgIpc) is 2.64. The summed E-state index contributed by atoms with van der Waals surface area (Å²) in [5.41, 5.74) is 1.92. The fourth-order valence-corrected chi connectivity index (χ4v) is 2.07. The van der Waals surface area contributed by atoms with E-state index >= 15 is 0 Å². The van der Waals surface area contributed by atoms with E-state index in [-0.39, 0.29) is 5.69 Å². The summed E-state index contributed by atoms with van der Waals surface area (Å²) in [6.45, 7) is 0. The van der Waals surface area contributed by atoms with Crippen LogP contribution in [-0.4, -0.2) is 19.0 Å². The molecule has 0 fully saturated rings. The highest BCUT2D eigenvalue weighted by atomic mass is 35.5. The molecule has 2 aromatic heterocycles. The van der Waals surface area contributed by atoms with E-state index in [0.29, 0.717) is 21.9 Å². The number of nitro groups is 1. The van der Waals surface area contributed by atoms with Crippen molar-refractivity contribution in [1.82, 2.24) is 14.1 Å². The summed E-state index contributed by atoms with van der Waals surface area (Å²) in [6, 6.07) is 4.47. The van der Waals surface area contributed by atoms with Crippen LogP contribution >= 0.6 is 11.8 Å². The molecule has 0 unspecified atom stereocenters. The molecule has 0 aliphatic rings. The Morgan fingerprint density at radius 2 is 2.18 bits per heavy atom. The van der Waals surface area contributed by atoms with Gasteiger partial charge in [0.25, 0.3) is 5.69 Å². The molecule has 0 N–H and O–H groups in total. The lowest BCUT2D eigenvalue weighted by Crippen LogP contribution is -1.87. The highest BCUT2D eigenvalue weighted by Crippen LogP contribution is 2.30. The molecule has 1 aromatic carbocycles. The Morgan fingerprint density at radius 3 is 2.94 bits per heavy atom. The molecule has 84 valence electrons. The molecule has 0 aliphatic carbocycles. The molecule has 2 heterocycles. The number of benzene rings is 1. The Balaban J connectivity index is 2.50. The van der Waals surface area contributed by atoms with Crippen molar-refractivity contribution in [3.8, 4) is 0 Å². The third-order valence-corrected chi connectivity index (χ3v) is 2.93. The Kier molecular flexibility index (Phi) is 1.99. The first kappa shape index (κ1) is 9.98. The molecule has 0 amide bonds. The van der Waals surface area contributed by atoms with E-state index in [9.17, 15) is 10.1 Å². The van der Waals surface area contributed by atoms with E-state index in [2.05, 4.69) is 9.97 Å². The second kappa shape index (κ2) is 3.39. The van der Waals surface area contributed by atoms with Crippen LogP contribution in [0.4, 0.5) is 5.69 Å². The fraction of sp³-hybridized carbons (Fsp3) is 0. The number of non-ortho nitro benzene ring substituents is 1. The zero-order chi connectivity index (χ0) is 12.0. The molecule has 0 radical (unpaired) electrons. The van der Waals surface area contributed by atoms with Crippen LogP contribution in [0, 0.1) is 10.1 Å².